The molecule has 0 spiro atoms. The molecule has 21 heavy (non-hydrogen) atoms. The van der Waals surface area contributed by atoms with Crippen molar-refractivity contribution in [1.29, 1.82) is 0 Å². The van der Waals surface area contributed by atoms with Crippen LogP contribution < -0.4 is 10.2 Å². The molecule has 0 aliphatic carbocycles. The molecule has 1 N–H and O–H groups in total. The van der Waals surface area contributed by atoms with Crippen LogP contribution in [0.15, 0.2) is 12.4 Å². The van der Waals surface area contributed by atoms with Crippen molar-refractivity contribution < 1.29 is 9.53 Å². The maximum absolute atomic E-state index is 11.7. The van der Waals surface area contributed by atoms with E-state index in [1.807, 2.05) is 20.8 Å². The smallest absolute Gasteiger partial charge is 0.407 e. The first-order valence-corrected chi connectivity index (χ1v) is 7.44. The van der Waals surface area contributed by atoms with Crippen molar-refractivity contribution in [3.8, 4) is 0 Å². The molecule has 1 atom stereocenters. The Bertz CT molecular complexity index is 504. The number of hydrogen-bond acceptors (Lipinski definition) is 5. The summed E-state index contributed by atoms with van der Waals surface area (Å²) in [7, 11) is 0. The fourth-order valence-corrected chi connectivity index (χ4v) is 2.49. The second kappa shape index (κ2) is 6.47. The first-order chi connectivity index (χ1) is 9.85. The third-order valence-corrected chi connectivity index (χ3v) is 3.38. The summed E-state index contributed by atoms with van der Waals surface area (Å²) in [4.78, 5) is 22.0. The van der Waals surface area contributed by atoms with Gasteiger partial charge in [0.25, 0.3) is 0 Å². The van der Waals surface area contributed by atoms with Gasteiger partial charge < -0.3 is 15.0 Å². The summed E-state index contributed by atoms with van der Waals surface area (Å²) in [5.41, 5.74) is -0.486. The highest BCUT2D eigenvalue weighted by Crippen LogP contribution is 2.24. The van der Waals surface area contributed by atoms with Crippen LogP contribution in [0.3, 0.4) is 0 Å². The average molecular weight is 313 g/mol. The molecule has 1 amide bonds. The minimum atomic E-state index is -0.486. The number of hydrogen-bond donors (Lipinski definition) is 1. The summed E-state index contributed by atoms with van der Waals surface area (Å²) in [5.74, 6) is 0.795. The fraction of sp³-hybridized carbons (Fsp3) is 0.643. The zero-order chi connectivity index (χ0) is 15.5. The predicted octanol–water partition coefficient (Wildman–Crippen LogP) is 2.62. The van der Waals surface area contributed by atoms with Crippen LogP contribution in [0.4, 0.5) is 10.6 Å². The van der Waals surface area contributed by atoms with Crippen LogP contribution in [0.25, 0.3) is 0 Å². The zero-order valence-corrected chi connectivity index (χ0v) is 13.4. The molecule has 2 rings (SSSR count). The van der Waals surface area contributed by atoms with Gasteiger partial charge >= 0.3 is 6.09 Å². The molecule has 1 aliphatic rings. The summed E-state index contributed by atoms with van der Waals surface area (Å²) >= 11 is 5.90. The first kappa shape index (κ1) is 15.8. The monoisotopic (exact) mass is 312 g/mol. The summed E-state index contributed by atoms with van der Waals surface area (Å²) in [6, 6.07) is 1.94. The fourth-order valence-electron chi connectivity index (χ4n) is 2.35. The predicted molar refractivity (Wildman–Crippen MR) is 81.6 cm³/mol. The van der Waals surface area contributed by atoms with Crippen molar-refractivity contribution >= 4 is 23.5 Å². The van der Waals surface area contributed by atoms with Crippen molar-refractivity contribution in [1.82, 2.24) is 15.3 Å². The molecule has 1 saturated heterocycles. The van der Waals surface area contributed by atoms with Gasteiger partial charge in [0, 0.05) is 25.2 Å². The zero-order valence-electron chi connectivity index (χ0n) is 12.6. The molecule has 6 nitrogen and oxygen atoms in total. The Kier molecular flexibility index (Phi) is 4.88. The number of nitrogens with zero attached hydrogens (tertiary/aromatic N) is 3. The van der Waals surface area contributed by atoms with Gasteiger partial charge in [-0.25, -0.2) is 14.8 Å². The van der Waals surface area contributed by atoms with Gasteiger partial charge in [-0.15, -0.1) is 0 Å². The van der Waals surface area contributed by atoms with Crippen molar-refractivity contribution in [2.24, 2.45) is 0 Å². The van der Waals surface area contributed by atoms with Gasteiger partial charge in [-0.2, -0.15) is 0 Å². The maximum Gasteiger partial charge on any atom is 0.407 e. The van der Waals surface area contributed by atoms with E-state index in [0.717, 1.165) is 25.2 Å². The highest BCUT2D eigenvalue weighted by Gasteiger charge is 2.27. The lowest BCUT2D eigenvalue weighted by atomic mass is 10.2. The summed E-state index contributed by atoms with van der Waals surface area (Å²) < 4.78 is 5.24. The number of nitrogens with one attached hydrogen (secondary N) is 1. The molecule has 116 valence electrons. The summed E-state index contributed by atoms with van der Waals surface area (Å²) in [5, 5.41) is 3.24. The van der Waals surface area contributed by atoms with E-state index < -0.39 is 11.7 Å². The van der Waals surface area contributed by atoms with E-state index in [1.165, 1.54) is 6.33 Å². The molecule has 0 radical (unpaired) electrons. The highest BCUT2D eigenvalue weighted by molar-refractivity contribution is 6.29. The van der Waals surface area contributed by atoms with Gasteiger partial charge in [-0.05, 0) is 33.6 Å². The topological polar surface area (TPSA) is 67.3 Å². The number of aromatic nitrogens is 2. The lowest BCUT2D eigenvalue weighted by molar-refractivity contribution is 0.0525. The van der Waals surface area contributed by atoms with Crippen molar-refractivity contribution in [2.75, 3.05) is 18.0 Å². The average Bonchev–Trinajstić information content (AvgIpc) is 2.82. The Labute approximate surface area is 129 Å². The number of alkyl carbamates (subject to hydrolysis) is 1. The molecule has 1 aliphatic heterocycles. The van der Waals surface area contributed by atoms with Gasteiger partial charge in [-0.3, -0.25) is 0 Å². The molecule has 0 aromatic carbocycles. The van der Waals surface area contributed by atoms with Crippen LogP contribution in [-0.2, 0) is 4.74 Å². The van der Waals surface area contributed by atoms with Crippen LogP contribution in [0.2, 0.25) is 5.15 Å². The lowest BCUT2D eigenvalue weighted by Gasteiger charge is -2.26. The van der Waals surface area contributed by atoms with Crippen LogP contribution >= 0.6 is 11.6 Å². The van der Waals surface area contributed by atoms with Crippen molar-refractivity contribution in [3.63, 3.8) is 0 Å². The number of carbonyl (C=O) groups excluding carboxylic acids is 1. The third kappa shape index (κ3) is 4.74. The molecule has 0 unspecified atom stereocenters. The van der Waals surface area contributed by atoms with Crippen molar-refractivity contribution in [2.45, 2.75) is 45.3 Å². The minimum Gasteiger partial charge on any atom is -0.444 e. The molecule has 1 aromatic heterocycles. The second-order valence-corrected chi connectivity index (χ2v) is 6.46. The van der Waals surface area contributed by atoms with E-state index in [1.54, 1.807) is 6.07 Å². The molecule has 1 aromatic rings. The Morgan fingerprint density at radius 1 is 1.52 bits per heavy atom. The quantitative estimate of drug-likeness (QED) is 0.869. The Morgan fingerprint density at radius 3 is 2.95 bits per heavy atom. The van der Waals surface area contributed by atoms with Crippen molar-refractivity contribution in [3.05, 3.63) is 17.5 Å². The standard InChI is InChI=1S/C14H21ClN4O2/c1-14(2,3)21-13(20)16-8-10-5-4-6-19(10)12-7-11(15)17-9-18-12/h7,9-10H,4-6,8H2,1-3H3,(H,16,20)/t10-/m1/s1. The summed E-state index contributed by atoms with van der Waals surface area (Å²) in [6.45, 7) is 6.95. The number of rotatable bonds is 3. The number of ether oxygens (including phenoxy) is 1. The van der Waals surface area contributed by atoms with Gasteiger partial charge in [0.2, 0.25) is 0 Å². The van der Waals surface area contributed by atoms with E-state index >= 15 is 0 Å². The van der Waals surface area contributed by atoms with E-state index in [-0.39, 0.29) is 6.04 Å². The lowest BCUT2D eigenvalue weighted by Crippen LogP contribution is -2.42. The molecule has 1 fully saturated rings. The number of amides is 1. The third-order valence-electron chi connectivity index (χ3n) is 3.17. The van der Waals surface area contributed by atoms with Gasteiger partial charge in [0.05, 0.1) is 0 Å². The van der Waals surface area contributed by atoms with Gasteiger partial charge in [0.15, 0.2) is 0 Å². The van der Waals surface area contributed by atoms with Gasteiger partial charge in [0.1, 0.15) is 22.9 Å². The molecule has 2 heterocycles. The number of anilines is 1. The molecule has 0 saturated carbocycles. The van der Waals surface area contributed by atoms with E-state index in [0.29, 0.717) is 11.7 Å². The largest absolute Gasteiger partial charge is 0.444 e. The maximum atomic E-state index is 11.7. The Hall–Kier alpha value is -1.56. The minimum absolute atomic E-state index is 0.198. The SMILES string of the molecule is CC(C)(C)OC(=O)NC[C@H]1CCCN1c1cc(Cl)ncn1. The second-order valence-electron chi connectivity index (χ2n) is 6.07. The van der Waals surface area contributed by atoms with E-state index in [4.69, 9.17) is 16.3 Å². The van der Waals surface area contributed by atoms with Gasteiger partial charge in [-0.1, -0.05) is 11.6 Å². The van der Waals surface area contributed by atoms with Crippen LogP contribution in [-0.4, -0.2) is 40.8 Å². The summed E-state index contributed by atoms with van der Waals surface area (Å²) in [6.07, 6.45) is 3.11. The first-order valence-electron chi connectivity index (χ1n) is 7.06. The molecule has 0 bridgehead atoms. The van der Waals surface area contributed by atoms with Crippen LogP contribution in [0, 0.1) is 0 Å². The molecule has 7 heteroatoms. The van der Waals surface area contributed by atoms with E-state index in [2.05, 4.69) is 20.2 Å². The normalized spacial score (nSPS) is 18.7. The number of carbonyl (C=O) groups is 1. The van der Waals surface area contributed by atoms with E-state index in [9.17, 15) is 4.79 Å². The highest BCUT2D eigenvalue weighted by atomic mass is 35.5. The van der Waals surface area contributed by atoms with Crippen LogP contribution in [0.1, 0.15) is 33.6 Å². The Morgan fingerprint density at radius 2 is 2.29 bits per heavy atom. The number of halogens is 1. The molecular weight excluding hydrogens is 292 g/mol. The van der Waals surface area contributed by atoms with Crippen LogP contribution in [0.5, 0.6) is 0 Å². The Balaban J connectivity index is 1.92. The molecular formula is C14H21ClN4O2.